The molecule has 1 aliphatic rings. The van der Waals surface area contributed by atoms with Crippen molar-refractivity contribution in [3.63, 3.8) is 0 Å². The van der Waals surface area contributed by atoms with Gasteiger partial charge in [0.15, 0.2) is 0 Å². The molecule has 0 saturated heterocycles. The summed E-state index contributed by atoms with van der Waals surface area (Å²) in [5.74, 6) is -1.46. The fourth-order valence-corrected chi connectivity index (χ4v) is 2.42. The maximum absolute atomic E-state index is 12.2. The van der Waals surface area contributed by atoms with Crippen molar-refractivity contribution < 1.29 is 14.4 Å². The molecule has 0 unspecified atom stereocenters. The molecule has 2 heterocycles. The lowest BCUT2D eigenvalue weighted by molar-refractivity contribution is -0.116. The number of hydrogen-bond donors (Lipinski definition) is 1. The zero-order valence-corrected chi connectivity index (χ0v) is 12.8. The molecule has 23 heavy (non-hydrogen) atoms. The molecule has 0 spiro atoms. The number of anilines is 1. The average molecular weight is 309 g/mol. The molecule has 3 amide bonds. The van der Waals surface area contributed by atoms with E-state index < -0.39 is 17.7 Å². The fraction of sp³-hybridized carbons (Fsp3) is 0.176. The van der Waals surface area contributed by atoms with Crippen molar-refractivity contribution in [2.75, 3.05) is 11.9 Å². The molecule has 6 heteroatoms. The number of carbonyl (C=O) groups excluding carboxylic acids is 3. The number of hydrogen-bond acceptors (Lipinski definition) is 4. The maximum Gasteiger partial charge on any atom is 0.280 e. The maximum atomic E-state index is 12.2. The van der Waals surface area contributed by atoms with E-state index in [0.29, 0.717) is 5.69 Å². The Morgan fingerprint density at radius 1 is 1.13 bits per heavy atom. The molecule has 1 aromatic carbocycles. The lowest BCUT2D eigenvalue weighted by Gasteiger charge is -2.14. The van der Waals surface area contributed by atoms with Crippen LogP contribution in [0.15, 0.2) is 36.5 Å². The molecule has 2 aromatic rings. The lowest BCUT2D eigenvalue weighted by atomic mass is 10.1. The molecule has 0 fully saturated rings. The minimum atomic E-state index is -0.541. The molecule has 0 atom stereocenters. The summed E-state index contributed by atoms with van der Waals surface area (Å²) < 4.78 is 0. The van der Waals surface area contributed by atoms with E-state index in [4.69, 9.17) is 0 Å². The number of imide groups is 1. The smallest absolute Gasteiger partial charge is 0.280 e. The van der Waals surface area contributed by atoms with Crippen LogP contribution in [0.2, 0.25) is 0 Å². The van der Waals surface area contributed by atoms with E-state index in [9.17, 15) is 14.4 Å². The van der Waals surface area contributed by atoms with Crippen LogP contribution >= 0.6 is 0 Å². The van der Waals surface area contributed by atoms with E-state index in [0.717, 1.165) is 16.0 Å². The first kappa shape index (κ1) is 14.9. The number of rotatable bonds is 3. The van der Waals surface area contributed by atoms with E-state index in [1.165, 1.54) is 12.3 Å². The zero-order chi connectivity index (χ0) is 16.6. The normalized spacial score (nSPS) is 13.2. The highest BCUT2D eigenvalue weighted by atomic mass is 16.2. The van der Waals surface area contributed by atoms with Crippen molar-refractivity contribution in [1.29, 1.82) is 0 Å². The van der Waals surface area contributed by atoms with Gasteiger partial charge in [-0.3, -0.25) is 24.3 Å². The molecule has 0 aliphatic carbocycles. The summed E-state index contributed by atoms with van der Waals surface area (Å²) in [7, 11) is 0. The molecule has 1 aliphatic heterocycles. The Balaban J connectivity index is 1.73. The van der Waals surface area contributed by atoms with Crippen LogP contribution in [-0.4, -0.2) is 34.2 Å². The van der Waals surface area contributed by atoms with Crippen LogP contribution in [0.25, 0.3) is 0 Å². The quantitative estimate of drug-likeness (QED) is 0.879. The van der Waals surface area contributed by atoms with Crippen molar-refractivity contribution in [2.24, 2.45) is 0 Å². The van der Waals surface area contributed by atoms with Crippen LogP contribution < -0.4 is 5.32 Å². The highest BCUT2D eigenvalue weighted by molar-refractivity contribution is 6.21. The van der Waals surface area contributed by atoms with Crippen LogP contribution in [-0.2, 0) is 4.79 Å². The number of nitrogens with zero attached hydrogens (tertiary/aromatic N) is 2. The average Bonchev–Trinajstić information content (AvgIpc) is 2.76. The number of aromatic nitrogens is 1. The standard InChI is InChI=1S/C17H15N3O3/c1-10-5-6-12(8-11(10)2)19-14(21)9-20-16(22)13-4-3-7-18-15(13)17(20)23/h3-8H,9H2,1-2H3,(H,19,21). The van der Waals surface area contributed by atoms with Gasteiger partial charge in [0.05, 0.1) is 5.56 Å². The SMILES string of the molecule is Cc1ccc(NC(=O)CN2C(=O)c3cccnc3C2=O)cc1C. The number of carbonyl (C=O) groups is 3. The minimum absolute atomic E-state index is 0.0940. The summed E-state index contributed by atoms with van der Waals surface area (Å²) in [5, 5.41) is 2.70. The molecule has 6 nitrogen and oxygen atoms in total. The first-order valence-corrected chi connectivity index (χ1v) is 7.15. The number of fused-ring (bicyclic) bond motifs is 1. The van der Waals surface area contributed by atoms with Crippen molar-refractivity contribution in [2.45, 2.75) is 13.8 Å². The Hall–Kier alpha value is -3.02. The number of amides is 3. The van der Waals surface area contributed by atoms with Gasteiger partial charge in [-0.2, -0.15) is 0 Å². The number of aryl methyl sites for hydroxylation is 2. The highest BCUT2D eigenvalue weighted by Crippen LogP contribution is 2.20. The molecule has 1 N–H and O–H groups in total. The number of nitrogens with one attached hydrogen (secondary N) is 1. The fourth-order valence-electron chi connectivity index (χ4n) is 2.42. The third kappa shape index (κ3) is 2.70. The molecule has 3 rings (SSSR count). The number of benzene rings is 1. The summed E-state index contributed by atoms with van der Waals surface area (Å²) in [6, 6.07) is 8.64. The second-order valence-corrected chi connectivity index (χ2v) is 5.44. The molecular weight excluding hydrogens is 294 g/mol. The topological polar surface area (TPSA) is 79.4 Å². The highest BCUT2D eigenvalue weighted by Gasteiger charge is 2.37. The first-order valence-electron chi connectivity index (χ1n) is 7.15. The van der Waals surface area contributed by atoms with Gasteiger partial charge in [0.2, 0.25) is 5.91 Å². The Bertz CT molecular complexity index is 795. The summed E-state index contributed by atoms with van der Waals surface area (Å²) in [4.78, 5) is 41.3. The van der Waals surface area contributed by atoms with Gasteiger partial charge >= 0.3 is 0 Å². The van der Waals surface area contributed by atoms with Crippen LogP contribution in [0.4, 0.5) is 5.69 Å². The van der Waals surface area contributed by atoms with Crippen LogP contribution in [0.1, 0.15) is 32.0 Å². The first-order chi connectivity index (χ1) is 11.0. The molecule has 1 aromatic heterocycles. The van der Waals surface area contributed by atoms with Crippen LogP contribution in [0.3, 0.4) is 0 Å². The molecule has 0 radical (unpaired) electrons. The van der Waals surface area contributed by atoms with Gasteiger partial charge in [-0.05, 0) is 49.2 Å². The van der Waals surface area contributed by atoms with Gasteiger partial charge in [-0.25, -0.2) is 0 Å². The van der Waals surface area contributed by atoms with E-state index in [2.05, 4.69) is 10.3 Å². The van der Waals surface area contributed by atoms with Crippen molar-refractivity contribution in [1.82, 2.24) is 9.88 Å². The third-order valence-corrected chi connectivity index (χ3v) is 3.82. The number of pyridine rings is 1. The van der Waals surface area contributed by atoms with E-state index >= 15 is 0 Å². The summed E-state index contributed by atoms with van der Waals surface area (Å²) >= 11 is 0. The van der Waals surface area contributed by atoms with Gasteiger partial charge in [-0.15, -0.1) is 0 Å². The van der Waals surface area contributed by atoms with Gasteiger partial charge in [0, 0.05) is 11.9 Å². The second kappa shape index (κ2) is 5.64. The van der Waals surface area contributed by atoms with Gasteiger partial charge < -0.3 is 5.32 Å². The van der Waals surface area contributed by atoms with Crippen molar-refractivity contribution in [3.05, 3.63) is 58.9 Å². The Labute approximate surface area is 133 Å². The molecular formula is C17H15N3O3. The molecule has 0 saturated carbocycles. The Morgan fingerprint density at radius 3 is 2.61 bits per heavy atom. The zero-order valence-electron chi connectivity index (χ0n) is 12.8. The van der Waals surface area contributed by atoms with Gasteiger partial charge in [0.25, 0.3) is 11.8 Å². The summed E-state index contributed by atoms with van der Waals surface area (Å²) in [6.45, 7) is 3.59. The largest absolute Gasteiger partial charge is 0.325 e. The monoisotopic (exact) mass is 309 g/mol. The molecule has 0 bridgehead atoms. The van der Waals surface area contributed by atoms with Crippen molar-refractivity contribution >= 4 is 23.4 Å². The Kier molecular flexibility index (Phi) is 3.65. The van der Waals surface area contributed by atoms with E-state index in [1.807, 2.05) is 26.0 Å². The predicted octanol–water partition coefficient (Wildman–Crippen LogP) is 1.93. The van der Waals surface area contributed by atoms with E-state index in [1.54, 1.807) is 12.1 Å². The van der Waals surface area contributed by atoms with Crippen LogP contribution in [0.5, 0.6) is 0 Å². The summed E-state index contributed by atoms with van der Waals surface area (Å²) in [5.41, 5.74) is 3.13. The molecule has 116 valence electrons. The van der Waals surface area contributed by atoms with E-state index in [-0.39, 0.29) is 17.8 Å². The van der Waals surface area contributed by atoms with Crippen LogP contribution in [0, 0.1) is 13.8 Å². The lowest BCUT2D eigenvalue weighted by Crippen LogP contribution is -2.37. The van der Waals surface area contributed by atoms with Gasteiger partial charge in [-0.1, -0.05) is 6.07 Å². The summed E-state index contributed by atoms with van der Waals surface area (Å²) in [6.07, 6.45) is 1.45. The van der Waals surface area contributed by atoms with Crippen molar-refractivity contribution in [3.8, 4) is 0 Å². The van der Waals surface area contributed by atoms with Gasteiger partial charge in [0.1, 0.15) is 12.2 Å². The second-order valence-electron chi connectivity index (χ2n) is 5.44. The predicted molar refractivity (Wildman–Crippen MR) is 84.1 cm³/mol. The minimum Gasteiger partial charge on any atom is -0.325 e. The Morgan fingerprint density at radius 2 is 1.91 bits per heavy atom. The third-order valence-electron chi connectivity index (χ3n) is 3.82.